The van der Waals surface area contributed by atoms with Crippen LogP contribution in [0.1, 0.15) is 79.1 Å². The van der Waals surface area contributed by atoms with Crippen LogP contribution in [-0.4, -0.2) is 16.6 Å². The molecule has 0 aromatic heterocycles. The quantitative estimate of drug-likeness (QED) is 0.199. The van der Waals surface area contributed by atoms with Crippen LogP contribution in [0.4, 0.5) is 0 Å². The number of nitrogens with zero attached hydrogens (tertiary/aromatic N) is 1. The molecule has 0 saturated carbocycles. The normalized spacial score (nSPS) is 10.8. The molecule has 0 N–H and O–H groups in total. The van der Waals surface area contributed by atoms with Gasteiger partial charge in [0.1, 0.15) is 0 Å². The van der Waals surface area contributed by atoms with E-state index in [4.69, 9.17) is 12.2 Å². The summed E-state index contributed by atoms with van der Waals surface area (Å²) < 4.78 is 0.873. The van der Waals surface area contributed by atoms with E-state index < -0.39 is 0 Å². The summed E-state index contributed by atoms with van der Waals surface area (Å²) in [5.41, 5.74) is 0. The van der Waals surface area contributed by atoms with Crippen molar-refractivity contribution < 1.29 is 21.1 Å². The second kappa shape index (κ2) is 17.3. The van der Waals surface area contributed by atoms with Crippen molar-refractivity contribution in [3.63, 3.8) is 0 Å². The molecule has 0 aromatic carbocycles. The van der Waals surface area contributed by atoms with E-state index in [1.165, 1.54) is 51.4 Å². The van der Waals surface area contributed by atoms with Crippen molar-refractivity contribution in [2.75, 3.05) is 12.3 Å². The van der Waals surface area contributed by atoms with E-state index in [-0.39, 0.29) is 21.1 Å². The van der Waals surface area contributed by atoms with E-state index in [1.807, 2.05) is 0 Å². The van der Waals surface area contributed by atoms with Crippen LogP contribution in [0.5, 0.6) is 0 Å². The van der Waals surface area contributed by atoms with Crippen molar-refractivity contribution >= 4 is 28.3 Å². The van der Waals surface area contributed by atoms with E-state index in [0.717, 1.165) is 28.5 Å². The van der Waals surface area contributed by atoms with Crippen molar-refractivity contribution in [2.45, 2.75) is 79.1 Å². The maximum atomic E-state index is 5.29. The molecule has 0 aromatic rings. The minimum Gasteiger partial charge on any atom is -0.669 e. The molecule has 4 heteroatoms. The summed E-state index contributed by atoms with van der Waals surface area (Å²) >= 11 is 7.06. The first-order valence-corrected chi connectivity index (χ1v) is 9.76. The Morgan fingerprint density at radius 3 is 1.90 bits per heavy atom. The fourth-order valence-electron chi connectivity index (χ4n) is 2.05. The molecule has 0 unspecified atom stereocenters. The Bertz CT molecular complexity index is 211. The Hall–Kier alpha value is 0.928. The molecule has 0 aliphatic rings. The second-order valence-electron chi connectivity index (χ2n) is 6.48. The van der Waals surface area contributed by atoms with Crippen LogP contribution in [0.25, 0.3) is 5.32 Å². The van der Waals surface area contributed by atoms with Gasteiger partial charge in [0.15, 0.2) is 0 Å². The van der Waals surface area contributed by atoms with Crippen molar-refractivity contribution in [2.24, 2.45) is 11.8 Å². The van der Waals surface area contributed by atoms with Gasteiger partial charge < -0.3 is 5.32 Å². The van der Waals surface area contributed by atoms with Crippen LogP contribution in [0.2, 0.25) is 0 Å². The first-order chi connectivity index (χ1) is 9.52. The van der Waals surface area contributed by atoms with Crippen molar-refractivity contribution in [3.8, 4) is 0 Å². The fourth-order valence-corrected chi connectivity index (χ4v) is 3.10. The number of rotatable bonds is 12. The number of unbranched alkanes of at least 4 members (excludes halogenated alkanes) is 4. The van der Waals surface area contributed by atoms with Crippen LogP contribution in [0, 0.1) is 11.8 Å². The smallest absolute Gasteiger partial charge is 0 e. The molecule has 0 bridgehead atoms. The molecule has 21 heavy (non-hydrogen) atoms. The van der Waals surface area contributed by atoms with Crippen LogP contribution < -0.4 is 0 Å². The molecule has 0 heterocycles. The van der Waals surface area contributed by atoms with Gasteiger partial charge in [0.25, 0.3) is 0 Å². The van der Waals surface area contributed by atoms with Gasteiger partial charge in [-0.1, -0.05) is 84.9 Å². The summed E-state index contributed by atoms with van der Waals surface area (Å²) in [4.78, 5) is 0. The van der Waals surface area contributed by atoms with E-state index in [1.54, 1.807) is 11.8 Å². The molecular formula is C17H34MoNS2-. The molecule has 1 nitrogen and oxygen atoms in total. The molecule has 0 saturated heterocycles. The molecule has 0 aliphatic heterocycles. The molecule has 0 aliphatic carbocycles. The SMILES string of the molecule is CC(C)CCCCC[N-]C(=S)SCCCCCC(C)C.[Mo]. The maximum absolute atomic E-state index is 5.29. The van der Waals surface area contributed by atoms with Crippen LogP contribution in [-0.2, 0) is 21.1 Å². The Labute approximate surface area is 157 Å². The minimum atomic E-state index is 0. The van der Waals surface area contributed by atoms with Gasteiger partial charge in [-0.2, -0.15) is 0 Å². The first-order valence-electron chi connectivity index (χ1n) is 8.36. The fraction of sp³-hybridized carbons (Fsp3) is 0.941. The summed E-state index contributed by atoms with van der Waals surface area (Å²) in [6.07, 6.45) is 10.5. The third-order valence-corrected chi connectivity index (χ3v) is 4.68. The average Bonchev–Trinajstić information content (AvgIpc) is 2.37. The monoisotopic (exact) mass is 414 g/mol. The predicted molar refractivity (Wildman–Crippen MR) is 99.9 cm³/mol. The summed E-state index contributed by atoms with van der Waals surface area (Å²) in [6, 6.07) is 0. The summed E-state index contributed by atoms with van der Waals surface area (Å²) in [5, 5.41) is 4.48. The van der Waals surface area contributed by atoms with Gasteiger partial charge in [-0.15, -0.1) is 18.3 Å². The van der Waals surface area contributed by atoms with Gasteiger partial charge in [-0.25, -0.2) is 0 Å². The standard InChI is InChI=1S/C17H35NS2.Mo/c1-15(2)11-7-5-9-13-18-17(19)20-14-10-6-8-12-16(3)4;/h15-16H,5-14H2,1-4H3,(H,18,19);/p-1. The Morgan fingerprint density at radius 2 is 1.38 bits per heavy atom. The minimum absolute atomic E-state index is 0. The number of thioether (sulfide) groups is 1. The van der Waals surface area contributed by atoms with Crippen molar-refractivity contribution in [1.82, 2.24) is 0 Å². The molecule has 0 spiro atoms. The molecule has 0 rings (SSSR count). The second-order valence-corrected chi connectivity index (χ2v) is 8.21. The van der Waals surface area contributed by atoms with Gasteiger partial charge in [0, 0.05) is 21.1 Å². The number of hydrogen-bond donors (Lipinski definition) is 0. The summed E-state index contributed by atoms with van der Waals surface area (Å²) in [6.45, 7) is 10.1. The third kappa shape index (κ3) is 20.9. The van der Waals surface area contributed by atoms with E-state index in [2.05, 4.69) is 33.0 Å². The Kier molecular flexibility index (Phi) is 19.9. The van der Waals surface area contributed by atoms with E-state index in [9.17, 15) is 0 Å². The van der Waals surface area contributed by atoms with E-state index in [0.29, 0.717) is 0 Å². The van der Waals surface area contributed by atoms with Crippen molar-refractivity contribution in [1.29, 1.82) is 0 Å². The molecular weight excluding hydrogens is 378 g/mol. The number of hydrogen-bond acceptors (Lipinski definition) is 2. The largest absolute Gasteiger partial charge is 0.669 e. The van der Waals surface area contributed by atoms with Gasteiger partial charge >= 0.3 is 0 Å². The van der Waals surface area contributed by atoms with Crippen molar-refractivity contribution in [3.05, 3.63) is 5.32 Å². The van der Waals surface area contributed by atoms with Gasteiger partial charge in [0.2, 0.25) is 0 Å². The number of thiocarbonyl (C=S) groups is 1. The van der Waals surface area contributed by atoms with E-state index >= 15 is 0 Å². The molecule has 0 amide bonds. The Balaban J connectivity index is 0. The zero-order chi connectivity index (χ0) is 15.2. The van der Waals surface area contributed by atoms with Gasteiger partial charge in [-0.05, 0) is 28.3 Å². The summed E-state index contributed by atoms with van der Waals surface area (Å²) in [5.74, 6) is 2.82. The molecule has 0 fully saturated rings. The third-order valence-electron chi connectivity index (χ3n) is 3.33. The van der Waals surface area contributed by atoms with Crippen LogP contribution in [0.15, 0.2) is 0 Å². The van der Waals surface area contributed by atoms with Gasteiger partial charge in [0.05, 0.1) is 0 Å². The topological polar surface area (TPSA) is 14.1 Å². The molecule has 0 atom stereocenters. The van der Waals surface area contributed by atoms with Crippen LogP contribution >= 0.6 is 24.0 Å². The predicted octanol–water partition coefficient (Wildman–Crippen LogP) is 6.81. The molecule has 0 radical (unpaired) electrons. The summed E-state index contributed by atoms with van der Waals surface area (Å²) in [7, 11) is 0. The maximum Gasteiger partial charge on any atom is 0 e. The first kappa shape index (κ1) is 24.2. The average molecular weight is 413 g/mol. The molecule has 126 valence electrons. The Morgan fingerprint density at radius 1 is 0.857 bits per heavy atom. The van der Waals surface area contributed by atoms with Gasteiger partial charge in [-0.3, -0.25) is 0 Å². The zero-order valence-electron chi connectivity index (χ0n) is 14.4. The zero-order valence-corrected chi connectivity index (χ0v) is 18.0. The van der Waals surface area contributed by atoms with Crippen LogP contribution in [0.3, 0.4) is 0 Å².